The van der Waals surface area contributed by atoms with Gasteiger partial charge in [-0.15, -0.1) is 0 Å². The largest absolute Gasteiger partial charge is 0.391 e. The first-order valence-electron chi connectivity index (χ1n) is 7.79. The Bertz CT molecular complexity index is 612. The molecule has 0 aliphatic carbocycles. The fourth-order valence-corrected chi connectivity index (χ4v) is 3.13. The number of hydrogen-bond acceptors (Lipinski definition) is 2. The van der Waals surface area contributed by atoms with Crippen molar-refractivity contribution < 1.29 is 9.90 Å². The van der Waals surface area contributed by atoms with Crippen LogP contribution in [0.1, 0.15) is 23.5 Å². The highest BCUT2D eigenvalue weighted by Crippen LogP contribution is 2.28. The zero-order valence-electron chi connectivity index (χ0n) is 12.6. The third kappa shape index (κ3) is 3.37. The van der Waals surface area contributed by atoms with Crippen LogP contribution < -0.4 is 0 Å². The van der Waals surface area contributed by atoms with Crippen molar-refractivity contribution in [2.75, 3.05) is 13.1 Å². The van der Waals surface area contributed by atoms with Crippen LogP contribution in [0, 0.1) is 0 Å². The molecular formula is C19H21NO2. The van der Waals surface area contributed by atoms with E-state index in [1.165, 1.54) is 0 Å². The van der Waals surface area contributed by atoms with Gasteiger partial charge in [-0.1, -0.05) is 60.7 Å². The van der Waals surface area contributed by atoms with Gasteiger partial charge in [-0.25, -0.2) is 0 Å². The molecule has 2 aromatic rings. The van der Waals surface area contributed by atoms with Gasteiger partial charge in [0.15, 0.2) is 0 Å². The van der Waals surface area contributed by atoms with E-state index in [0.29, 0.717) is 19.5 Å². The number of aliphatic hydroxyl groups is 1. The third-order valence-electron chi connectivity index (χ3n) is 4.36. The van der Waals surface area contributed by atoms with Gasteiger partial charge in [0, 0.05) is 19.0 Å². The van der Waals surface area contributed by atoms with Gasteiger partial charge in [0.25, 0.3) is 0 Å². The molecule has 1 aliphatic heterocycles. The van der Waals surface area contributed by atoms with E-state index >= 15 is 0 Å². The summed E-state index contributed by atoms with van der Waals surface area (Å²) in [5, 5.41) is 10.4. The van der Waals surface area contributed by atoms with Gasteiger partial charge in [-0.2, -0.15) is 0 Å². The monoisotopic (exact) mass is 295 g/mol. The average Bonchev–Trinajstić information content (AvgIpc) is 2.56. The molecule has 114 valence electrons. The maximum absolute atomic E-state index is 12.4. The molecule has 2 aromatic carbocycles. The van der Waals surface area contributed by atoms with Crippen LogP contribution in [0.2, 0.25) is 0 Å². The number of hydrogen-bond donors (Lipinski definition) is 1. The molecule has 0 unspecified atom stereocenters. The molecule has 1 amide bonds. The summed E-state index contributed by atoms with van der Waals surface area (Å²) < 4.78 is 0. The normalized spacial score (nSPS) is 21.6. The minimum absolute atomic E-state index is 0.0942. The van der Waals surface area contributed by atoms with Gasteiger partial charge >= 0.3 is 0 Å². The van der Waals surface area contributed by atoms with Crippen molar-refractivity contribution >= 4 is 5.91 Å². The van der Waals surface area contributed by atoms with Crippen molar-refractivity contribution in [3.05, 3.63) is 71.8 Å². The topological polar surface area (TPSA) is 40.5 Å². The number of rotatable bonds is 3. The van der Waals surface area contributed by atoms with Crippen molar-refractivity contribution in [2.24, 2.45) is 0 Å². The number of carbonyl (C=O) groups excluding carboxylic acids is 1. The molecule has 0 spiro atoms. The van der Waals surface area contributed by atoms with Gasteiger partial charge in [-0.05, 0) is 17.5 Å². The number of β-amino-alcohol motifs (C(OH)–C–C–N with tert-alkyl or cyclic N) is 1. The van der Waals surface area contributed by atoms with Crippen molar-refractivity contribution in [3.8, 4) is 0 Å². The van der Waals surface area contributed by atoms with E-state index in [-0.39, 0.29) is 11.8 Å². The van der Waals surface area contributed by atoms with E-state index in [2.05, 4.69) is 12.1 Å². The van der Waals surface area contributed by atoms with Crippen LogP contribution in [0.15, 0.2) is 60.7 Å². The molecule has 1 aliphatic rings. The van der Waals surface area contributed by atoms with E-state index in [1.807, 2.05) is 48.5 Å². The smallest absolute Gasteiger partial charge is 0.227 e. The Morgan fingerprint density at radius 3 is 2.32 bits per heavy atom. The SMILES string of the molecule is O=C(Cc1ccccc1)N1CC[C@@H](c2ccccc2)[C@@H](O)C1. The van der Waals surface area contributed by atoms with Crippen molar-refractivity contribution in [2.45, 2.75) is 24.9 Å². The maximum Gasteiger partial charge on any atom is 0.227 e. The fraction of sp³-hybridized carbons (Fsp3) is 0.316. The number of benzene rings is 2. The number of aliphatic hydroxyl groups excluding tert-OH is 1. The van der Waals surface area contributed by atoms with Gasteiger partial charge in [-0.3, -0.25) is 4.79 Å². The van der Waals surface area contributed by atoms with Crippen LogP contribution in [-0.2, 0) is 11.2 Å². The van der Waals surface area contributed by atoms with Crippen LogP contribution in [0.25, 0.3) is 0 Å². The highest BCUT2D eigenvalue weighted by atomic mass is 16.3. The Balaban J connectivity index is 1.61. The number of amides is 1. The quantitative estimate of drug-likeness (QED) is 0.945. The van der Waals surface area contributed by atoms with Crippen LogP contribution in [-0.4, -0.2) is 35.1 Å². The molecule has 1 N–H and O–H groups in total. The molecule has 0 bridgehead atoms. The second kappa shape index (κ2) is 6.75. The lowest BCUT2D eigenvalue weighted by atomic mass is 9.87. The molecule has 0 radical (unpaired) electrons. The third-order valence-corrected chi connectivity index (χ3v) is 4.36. The van der Waals surface area contributed by atoms with E-state index in [0.717, 1.165) is 17.5 Å². The van der Waals surface area contributed by atoms with E-state index in [1.54, 1.807) is 4.90 Å². The Labute approximate surface area is 131 Å². The standard InChI is InChI=1S/C19H21NO2/c21-18-14-20(19(22)13-15-7-3-1-4-8-15)12-11-17(18)16-9-5-2-6-10-16/h1-10,17-18,21H,11-14H2/t17-,18-/m0/s1. The Kier molecular flexibility index (Phi) is 4.54. The van der Waals surface area contributed by atoms with Crippen LogP contribution in [0.3, 0.4) is 0 Å². The molecule has 1 heterocycles. The average molecular weight is 295 g/mol. The molecule has 1 saturated heterocycles. The number of piperidine rings is 1. The summed E-state index contributed by atoms with van der Waals surface area (Å²) in [4.78, 5) is 14.2. The van der Waals surface area contributed by atoms with E-state index in [9.17, 15) is 9.90 Å². The van der Waals surface area contributed by atoms with E-state index < -0.39 is 6.10 Å². The van der Waals surface area contributed by atoms with Gasteiger partial charge in [0.05, 0.1) is 12.5 Å². The van der Waals surface area contributed by atoms with Crippen LogP contribution >= 0.6 is 0 Å². The highest BCUT2D eigenvalue weighted by molar-refractivity contribution is 5.79. The second-order valence-corrected chi connectivity index (χ2v) is 5.88. The van der Waals surface area contributed by atoms with Crippen LogP contribution in [0.5, 0.6) is 0 Å². The summed E-state index contributed by atoms with van der Waals surface area (Å²) in [5.41, 5.74) is 2.18. The Hall–Kier alpha value is -2.13. The molecular weight excluding hydrogens is 274 g/mol. The fourth-order valence-electron chi connectivity index (χ4n) is 3.13. The van der Waals surface area contributed by atoms with E-state index in [4.69, 9.17) is 0 Å². The van der Waals surface area contributed by atoms with Crippen molar-refractivity contribution in [3.63, 3.8) is 0 Å². The summed E-state index contributed by atoms with van der Waals surface area (Å²) in [5.74, 6) is 0.221. The summed E-state index contributed by atoms with van der Waals surface area (Å²) in [6.07, 6.45) is 0.728. The predicted molar refractivity (Wildman–Crippen MR) is 86.5 cm³/mol. The summed E-state index contributed by atoms with van der Waals surface area (Å²) in [7, 11) is 0. The summed E-state index contributed by atoms with van der Waals surface area (Å²) >= 11 is 0. The molecule has 0 aromatic heterocycles. The number of likely N-dealkylation sites (tertiary alicyclic amines) is 1. The first kappa shape index (κ1) is 14.8. The van der Waals surface area contributed by atoms with Gasteiger partial charge in [0.2, 0.25) is 5.91 Å². The van der Waals surface area contributed by atoms with Crippen molar-refractivity contribution in [1.29, 1.82) is 0 Å². The first-order chi connectivity index (χ1) is 10.7. The number of nitrogens with zero attached hydrogens (tertiary/aromatic N) is 1. The number of carbonyl (C=O) groups is 1. The summed E-state index contributed by atoms with van der Waals surface area (Å²) in [6.45, 7) is 1.13. The molecule has 22 heavy (non-hydrogen) atoms. The highest BCUT2D eigenvalue weighted by Gasteiger charge is 2.30. The minimum Gasteiger partial charge on any atom is -0.391 e. The van der Waals surface area contributed by atoms with Gasteiger partial charge in [0.1, 0.15) is 0 Å². The minimum atomic E-state index is -0.490. The molecule has 1 fully saturated rings. The maximum atomic E-state index is 12.4. The summed E-state index contributed by atoms with van der Waals surface area (Å²) in [6, 6.07) is 19.8. The zero-order valence-corrected chi connectivity index (χ0v) is 12.6. The second-order valence-electron chi connectivity index (χ2n) is 5.88. The van der Waals surface area contributed by atoms with Crippen molar-refractivity contribution in [1.82, 2.24) is 4.90 Å². The lowest BCUT2D eigenvalue weighted by molar-refractivity contribution is -0.134. The molecule has 3 nitrogen and oxygen atoms in total. The molecule has 0 saturated carbocycles. The predicted octanol–water partition coefficient (Wildman–Crippen LogP) is 2.61. The zero-order chi connectivity index (χ0) is 15.4. The Morgan fingerprint density at radius 2 is 1.68 bits per heavy atom. The Morgan fingerprint density at radius 1 is 1.05 bits per heavy atom. The first-order valence-corrected chi connectivity index (χ1v) is 7.79. The van der Waals surface area contributed by atoms with Gasteiger partial charge < -0.3 is 10.0 Å². The lowest BCUT2D eigenvalue weighted by Crippen LogP contribution is -2.46. The molecule has 3 rings (SSSR count). The molecule has 2 atom stereocenters. The lowest BCUT2D eigenvalue weighted by Gasteiger charge is -2.36. The van der Waals surface area contributed by atoms with Crippen LogP contribution in [0.4, 0.5) is 0 Å². The molecule has 3 heteroatoms.